The lowest BCUT2D eigenvalue weighted by Crippen LogP contribution is -2.33. The van der Waals surface area contributed by atoms with Gasteiger partial charge in [0.2, 0.25) is 11.8 Å². The van der Waals surface area contributed by atoms with Gasteiger partial charge in [-0.1, -0.05) is 48.5 Å². The van der Waals surface area contributed by atoms with E-state index in [9.17, 15) is 9.59 Å². The molecule has 0 aliphatic heterocycles. The van der Waals surface area contributed by atoms with Crippen LogP contribution in [0.4, 0.5) is 0 Å². The maximum atomic E-state index is 12.5. The molecule has 0 radical (unpaired) electrons. The molecule has 2 aliphatic carbocycles. The number of nitrogens with zero attached hydrogens (tertiary/aromatic N) is 1. The van der Waals surface area contributed by atoms with Gasteiger partial charge in [0.1, 0.15) is 0 Å². The first kappa shape index (κ1) is 16.8. The van der Waals surface area contributed by atoms with Crippen molar-refractivity contribution in [1.82, 2.24) is 10.2 Å². The van der Waals surface area contributed by atoms with Crippen LogP contribution >= 0.6 is 0 Å². The Bertz CT molecular complexity index is 796. The Morgan fingerprint density at radius 3 is 2.15 bits per heavy atom. The molecule has 4 nitrogen and oxygen atoms in total. The van der Waals surface area contributed by atoms with Crippen molar-refractivity contribution in [3.63, 3.8) is 0 Å². The highest BCUT2D eigenvalue weighted by Crippen LogP contribution is 2.45. The highest BCUT2D eigenvalue weighted by atomic mass is 16.2. The Morgan fingerprint density at radius 2 is 1.58 bits per heavy atom. The standard InChI is InChI=1S/C22H24N2O2/c1-24(15-10-11-15)22(26)12-13-23-21(25)14-20-18-8-4-2-6-16(18)17-7-3-5-9-19(17)20/h2-9,15,20H,10-14H2,1H3,(H,23,25). The molecule has 2 aromatic carbocycles. The Labute approximate surface area is 154 Å². The topological polar surface area (TPSA) is 49.4 Å². The fourth-order valence-corrected chi connectivity index (χ4v) is 3.89. The van der Waals surface area contributed by atoms with Gasteiger partial charge >= 0.3 is 0 Å². The van der Waals surface area contributed by atoms with E-state index in [2.05, 4.69) is 29.6 Å². The molecule has 0 spiro atoms. The van der Waals surface area contributed by atoms with Crippen molar-refractivity contribution in [3.8, 4) is 11.1 Å². The minimum atomic E-state index is 0.00313. The second-order valence-electron chi connectivity index (χ2n) is 7.27. The van der Waals surface area contributed by atoms with Crippen LogP contribution in [0, 0.1) is 0 Å². The molecule has 0 unspecified atom stereocenters. The molecule has 4 heteroatoms. The Hall–Kier alpha value is -2.62. The van der Waals surface area contributed by atoms with Crippen molar-refractivity contribution in [1.29, 1.82) is 0 Å². The van der Waals surface area contributed by atoms with Gasteiger partial charge in [-0.2, -0.15) is 0 Å². The summed E-state index contributed by atoms with van der Waals surface area (Å²) in [5, 5.41) is 2.93. The second-order valence-corrected chi connectivity index (χ2v) is 7.27. The molecule has 2 aliphatic rings. The van der Waals surface area contributed by atoms with Crippen molar-refractivity contribution in [2.24, 2.45) is 0 Å². The molecule has 26 heavy (non-hydrogen) atoms. The molecular weight excluding hydrogens is 324 g/mol. The number of nitrogens with one attached hydrogen (secondary N) is 1. The molecule has 2 aromatic rings. The molecule has 4 rings (SSSR count). The van der Waals surface area contributed by atoms with Crippen molar-refractivity contribution in [3.05, 3.63) is 59.7 Å². The Morgan fingerprint density at radius 1 is 1.00 bits per heavy atom. The van der Waals surface area contributed by atoms with Crippen molar-refractivity contribution >= 4 is 11.8 Å². The average Bonchev–Trinajstić information content (AvgIpc) is 3.46. The third kappa shape index (κ3) is 3.24. The van der Waals surface area contributed by atoms with Crippen LogP contribution in [0.1, 0.15) is 42.7 Å². The number of rotatable bonds is 6. The first-order valence-corrected chi connectivity index (χ1v) is 9.35. The molecule has 134 valence electrons. The number of amides is 2. The summed E-state index contributed by atoms with van der Waals surface area (Å²) in [6, 6.07) is 17.0. The zero-order chi connectivity index (χ0) is 18.1. The van der Waals surface area contributed by atoms with Crippen LogP contribution in [0.15, 0.2) is 48.5 Å². The van der Waals surface area contributed by atoms with Gasteiger partial charge in [-0.05, 0) is 35.1 Å². The largest absolute Gasteiger partial charge is 0.356 e. The van der Waals surface area contributed by atoms with E-state index in [1.54, 1.807) is 0 Å². The molecular formula is C22H24N2O2. The number of carbonyl (C=O) groups excluding carboxylic acids is 2. The molecule has 2 amide bonds. The maximum Gasteiger partial charge on any atom is 0.224 e. The van der Waals surface area contributed by atoms with E-state index < -0.39 is 0 Å². The van der Waals surface area contributed by atoms with Gasteiger partial charge in [0.15, 0.2) is 0 Å². The quantitative estimate of drug-likeness (QED) is 0.871. The summed E-state index contributed by atoms with van der Waals surface area (Å²) >= 11 is 0. The third-order valence-corrected chi connectivity index (χ3v) is 5.50. The predicted molar refractivity (Wildman–Crippen MR) is 102 cm³/mol. The van der Waals surface area contributed by atoms with Gasteiger partial charge in [-0.15, -0.1) is 0 Å². The number of benzene rings is 2. The number of carbonyl (C=O) groups is 2. The molecule has 0 bridgehead atoms. The maximum absolute atomic E-state index is 12.5. The molecule has 1 N–H and O–H groups in total. The third-order valence-electron chi connectivity index (χ3n) is 5.50. The Kier molecular flexibility index (Phi) is 4.49. The monoisotopic (exact) mass is 348 g/mol. The van der Waals surface area contributed by atoms with Gasteiger partial charge in [0.05, 0.1) is 0 Å². The molecule has 1 fully saturated rings. The summed E-state index contributed by atoms with van der Waals surface area (Å²) in [5.74, 6) is 0.208. The zero-order valence-electron chi connectivity index (χ0n) is 15.1. The lowest BCUT2D eigenvalue weighted by molar-refractivity contribution is -0.130. The summed E-state index contributed by atoms with van der Waals surface area (Å²) < 4.78 is 0. The van der Waals surface area contributed by atoms with Gasteiger partial charge in [0, 0.05) is 38.4 Å². The second kappa shape index (κ2) is 6.94. The SMILES string of the molecule is CN(C(=O)CCNC(=O)CC1c2ccccc2-c2ccccc21)C1CC1. The highest BCUT2D eigenvalue weighted by Gasteiger charge is 2.30. The summed E-state index contributed by atoms with van der Waals surface area (Å²) in [4.78, 5) is 26.3. The normalized spacial score (nSPS) is 15.3. The first-order valence-electron chi connectivity index (χ1n) is 9.35. The van der Waals surface area contributed by atoms with Crippen LogP contribution in [0.25, 0.3) is 11.1 Å². The van der Waals surface area contributed by atoms with Crippen LogP contribution in [-0.4, -0.2) is 36.3 Å². The number of hydrogen-bond donors (Lipinski definition) is 1. The smallest absolute Gasteiger partial charge is 0.224 e. The van der Waals surface area contributed by atoms with E-state index in [0.29, 0.717) is 25.4 Å². The van der Waals surface area contributed by atoms with Gasteiger partial charge in [-0.3, -0.25) is 9.59 Å². The summed E-state index contributed by atoms with van der Waals surface area (Å²) in [5.41, 5.74) is 4.88. The molecule has 1 saturated carbocycles. The van der Waals surface area contributed by atoms with Crippen LogP contribution in [-0.2, 0) is 9.59 Å². The van der Waals surface area contributed by atoms with Gasteiger partial charge < -0.3 is 10.2 Å². The zero-order valence-corrected chi connectivity index (χ0v) is 15.1. The fourth-order valence-electron chi connectivity index (χ4n) is 3.89. The average molecular weight is 348 g/mol. The minimum absolute atomic E-state index is 0.00313. The van der Waals surface area contributed by atoms with E-state index in [1.807, 2.05) is 36.2 Å². The minimum Gasteiger partial charge on any atom is -0.356 e. The Balaban J connectivity index is 1.38. The van der Waals surface area contributed by atoms with Crippen LogP contribution in [0.5, 0.6) is 0 Å². The summed E-state index contributed by atoms with van der Waals surface area (Å²) in [6.07, 6.45) is 3.00. The summed E-state index contributed by atoms with van der Waals surface area (Å²) in [6.45, 7) is 0.407. The first-order chi connectivity index (χ1) is 12.6. The van der Waals surface area contributed by atoms with Crippen molar-refractivity contribution in [2.45, 2.75) is 37.6 Å². The molecule has 0 heterocycles. The van der Waals surface area contributed by atoms with E-state index in [-0.39, 0.29) is 17.7 Å². The van der Waals surface area contributed by atoms with Crippen LogP contribution in [0.3, 0.4) is 0 Å². The number of hydrogen-bond acceptors (Lipinski definition) is 2. The van der Waals surface area contributed by atoms with Crippen LogP contribution in [0.2, 0.25) is 0 Å². The van der Waals surface area contributed by atoms with Crippen molar-refractivity contribution in [2.75, 3.05) is 13.6 Å². The molecule has 0 aromatic heterocycles. The van der Waals surface area contributed by atoms with Crippen LogP contribution < -0.4 is 5.32 Å². The van der Waals surface area contributed by atoms with E-state index in [1.165, 1.54) is 22.3 Å². The lowest BCUT2D eigenvalue weighted by Gasteiger charge is -2.17. The van der Waals surface area contributed by atoms with E-state index in [0.717, 1.165) is 12.8 Å². The highest BCUT2D eigenvalue weighted by molar-refractivity contribution is 5.84. The number of fused-ring (bicyclic) bond motifs is 3. The predicted octanol–water partition coefficient (Wildman–Crippen LogP) is 3.32. The van der Waals surface area contributed by atoms with Gasteiger partial charge in [0.25, 0.3) is 0 Å². The summed E-state index contributed by atoms with van der Waals surface area (Å²) in [7, 11) is 1.86. The van der Waals surface area contributed by atoms with Gasteiger partial charge in [-0.25, -0.2) is 0 Å². The van der Waals surface area contributed by atoms with E-state index in [4.69, 9.17) is 0 Å². The molecule has 0 atom stereocenters. The fraction of sp³-hybridized carbons (Fsp3) is 0.364. The molecule has 0 saturated heterocycles. The van der Waals surface area contributed by atoms with E-state index >= 15 is 0 Å². The lowest BCUT2D eigenvalue weighted by atomic mass is 9.93. The van der Waals surface area contributed by atoms with Crippen molar-refractivity contribution < 1.29 is 9.59 Å².